The van der Waals surface area contributed by atoms with Crippen molar-refractivity contribution in [2.24, 2.45) is 5.73 Å². The number of primary amides is 1. The number of thiocarbonyl (C=S) groups is 1. The van der Waals surface area contributed by atoms with Crippen molar-refractivity contribution >= 4 is 63.5 Å². The number of benzene rings is 2. The monoisotopic (exact) mass is 466 g/mol. The Hall–Kier alpha value is -2.62. The molecule has 1 saturated heterocycles. The van der Waals surface area contributed by atoms with Crippen molar-refractivity contribution in [2.75, 3.05) is 18.1 Å². The first-order valence-electron chi connectivity index (χ1n) is 8.71. The third kappa shape index (κ3) is 4.92. The number of nitrogens with zero attached hydrogens (tertiary/aromatic N) is 1. The molecule has 0 atom stereocenters. The van der Waals surface area contributed by atoms with Gasteiger partial charge in [-0.05, 0) is 48.9 Å². The quantitative estimate of drug-likeness (QED) is 0.487. The summed E-state index contributed by atoms with van der Waals surface area (Å²) in [5.74, 6) is -0.760. The second-order valence-electron chi connectivity index (χ2n) is 6.01. The minimum atomic E-state index is -0.605. The topological polar surface area (TPSA) is 81.9 Å². The lowest BCUT2D eigenvalue weighted by Gasteiger charge is -2.14. The van der Waals surface area contributed by atoms with E-state index in [9.17, 15) is 14.0 Å². The van der Waals surface area contributed by atoms with Gasteiger partial charge in [-0.2, -0.15) is 0 Å². The predicted molar refractivity (Wildman–Crippen MR) is 119 cm³/mol. The van der Waals surface area contributed by atoms with E-state index < -0.39 is 11.7 Å². The lowest BCUT2D eigenvalue weighted by Crippen LogP contribution is -2.27. The Labute approximate surface area is 186 Å². The van der Waals surface area contributed by atoms with Gasteiger partial charge >= 0.3 is 0 Å². The fourth-order valence-electron chi connectivity index (χ4n) is 2.62. The predicted octanol–water partition coefficient (Wildman–Crippen LogP) is 4.15. The summed E-state index contributed by atoms with van der Waals surface area (Å²) in [6.45, 7) is 1.91. The molecule has 2 aromatic rings. The van der Waals surface area contributed by atoms with Crippen molar-refractivity contribution in [2.45, 2.75) is 6.92 Å². The number of nitrogens with two attached hydrogens (primary N) is 1. The third-order valence-corrected chi connectivity index (χ3v) is 5.48. The van der Waals surface area contributed by atoms with Gasteiger partial charge in [0.1, 0.15) is 5.82 Å². The zero-order valence-corrected chi connectivity index (χ0v) is 18.1. The van der Waals surface area contributed by atoms with Gasteiger partial charge in [-0.1, -0.05) is 41.6 Å². The fraction of sp³-hybridized carbons (Fsp3) is 0.150. The van der Waals surface area contributed by atoms with Gasteiger partial charge in [0.15, 0.2) is 22.4 Å². The summed E-state index contributed by atoms with van der Waals surface area (Å²) >= 11 is 12.3. The van der Waals surface area contributed by atoms with E-state index in [0.29, 0.717) is 38.6 Å². The standard InChI is InChI=1S/C20H16ClFN2O4S2/c1-2-27-16-7-11(3-6-15(16)28-10-18(23)25)8-17-19(26)24(20(29)30-17)12-4-5-14(22)13(21)9-12/h3-9H,2,10H2,1H3,(H2,23,25)/b17-8-. The Morgan fingerprint density at radius 1 is 1.27 bits per heavy atom. The highest BCUT2D eigenvalue weighted by molar-refractivity contribution is 8.27. The molecule has 0 saturated carbocycles. The molecule has 0 bridgehead atoms. The summed E-state index contributed by atoms with van der Waals surface area (Å²) < 4.78 is 24.6. The van der Waals surface area contributed by atoms with E-state index in [1.807, 2.05) is 6.92 Å². The number of amides is 2. The molecule has 6 nitrogen and oxygen atoms in total. The van der Waals surface area contributed by atoms with Gasteiger partial charge in [0.05, 0.1) is 22.2 Å². The Morgan fingerprint density at radius 2 is 2.03 bits per heavy atom. The zero-order valence-electron chi connectivity index (χ0n) is 15.7. The first-order valence-corrected chi connectivity index (χ1v) is 10.3. The molecular formula is C20H16ClFN2O4S2. The van der Waals surface area contributed by atoms with Crippen LogP contribution in [0.1, 0.15) is 12.5 Å². The number of anilines is 1. The summed E-state index contributed by atoms with van der Waals surface area (Å²) in [7, 11) is 0. The molecule has 0 radical (unpaired) electrons. The average Bonchev–Trinajstić information content (AvgIpc) is 2.97. The lowest BCUT2D eigenvalue weighted by molar-refractivity contribution is -0.120. The van der Waals surface area contributed by atoms with Gasteiger partial charge in [-0.15, -0.1) is 0 Å². The Kier molecular flexibility index (Phi) is 6.96. The maximum atomic E-state index is 13.4. The van der Waals surface area contributed by atoms with Crippen molar-refractivity contribution < 1.29 is 23.5 Å². The number of hydrogen-bond acceptors (Lipinski definition) is 6. The average molecular weight is 467 g/mol. The van der Waals surface area contributed by atoms with E-state index in [1.165, 1.54) is 23.1 Å². The molecule has 1 fully saturated rings. The number of carbonyl (C=O) groups excluding carboxylic acids is 2. The molecule has 0 aliphatic carbocycles. The molecule has 0 spiro atoms. The minimum Gasteiger partial charge on any atom is -0.490 e. The number of rotatable bonds is 7. The molecule has 1 heterocycles. The SMILES string of the molecule is CCOc1cc(/C=C2\SC(=S)N(c3ccc(F)c(Cl)c3)C2=O)ccc1OCC(N)=O. The first-order chi connectivity index (χ1) is 14.3. The molecule has 0 unspecified atom stereocenters. The van der Waals surface area contributed by atoms with E-state index in [4.69, 9.17) is 39.0 Å². The Bertz CT molecular complexity index is 1060. The molecule has 2 N–H and O–H groups in total. The summed E-state index contributed by atoms with van der Waals surface area (Å²) in [6, 6.07) is 8.98. The van der Waals surface area contributed by atoms with E-state index in [-0.39, 0.29) is 17.5 Å². The number of halogens is 2. The van der Waals surface area contributed by atoms with Crippen LogP contribution in [-0.2, 0) is 9.59 Å². The van der Waals surface area contributed by atoms with Crippen LogP contribution in [0.5, 0.6) is 11.5 Å². The molecule has 10 heteroatoms. The highest BCUT2D eigenvalue weighted by atomic mass is 35.5. The van der Waals surface area contributed by atoms with Crippen LogP contribution < -0.4 is 20.1 Å². The molecule has 1 aliphatic heterocycles. The van der Waals surface area contributed by atoms with Crippen LogP contribution >= 0.6 is 35.6 Å². The highest BCUT2D eigenvalue weighted by Gasteiger charge is 2.33. The Morgan fingerprint density at radius 3 is 2.70 bits per heavy atom. The van der Waals surface area contributed by atoms with Crippen molar-refractivity contribution in [3.8, 4) is 11.5 Å². The second-order valence-corrected chi connectivity index (χ2v) is 8.09. The largest absolute Gasteiger partial charge is 0.490 e. The summed E-state index contributed by atoms with van der Waals surface area (Å²) in [5.41, 5.74) is 6.17. The van der Waals surface area contributed by atoms with E-state index in [2.05, 4.69) is 0 Å². The smallest absolute Gasteiger partial charge is 0.270 e. The Balaban J connectivity index is 1.88. The maximum Gasteiger partial charge on any atom is 0.270 e. The lowest BCUT2D eigenvalue weighted by atomic mass is 10.1. The molecule has 30 heavy (non-hydrogen) atoms. The second kappa shape index (κ2) is 9.46. The van der Waals surface area contributed by atoms with E-state index in [1.54, 1.807) is 24.3 Å². The molecule has 2 amide bonds. The molecule has 2 aromatic carbocycles. The van der Waals surface area contributed by atoms with Crippen molar-refractivity contribution in [1.82, 2.24) is 0 Å². The van der Waals surface area contributed by atoms with Crippen molar-refractivity contribution in [3.05, 3.63) is 57.7 Å². The fourth-order valence-corrected chi connectivity index (χ4v) is 4.09. The van der Waals surface area contributed by atoms with Gasteiger partial charge in [-0.3, -0.25) is 14.5 Å². The first kappa shape index (κ1) is 22.1. The van der Waals surface area contributed by atoms with Crippen molar-refractivity contribution in [3.63, 3.8) is 0 Å². The summed E-state index contributed by atoms with van der Waals surface area (Å²) in [4.78, 5) is 25.5. The zero-order chi connectivity index (χ0) is 21.8. The number of hydrogen-bond donors (Lipinski definition) is 1. The van der Waals surface area contributed by atoms with E-state index >= 15 is 0 Å². The van der Waals surface area contributed by atoms with Gasteiger partial charge < -0.3 is 15.2 Å². The minimum absolute atomic E-state index is 0.0987. The van der Waals surface area contributed by atoms with Crippen LogP contribution in [-0.4, -0.2) is 29.3 Å². The molecular weight excluding hydrogens is 451 g/mol. The van der Waals surface area contributed by atoms with Crippen LogP contribution in [0.25, 0.3) is 6.08 Å². The molecule has 0 aromatic heterocycles. The van der Waals surface area contributed by atoms with Crippen LogP contribution in [0, 0.1) is 5.82 Å². The molecule has 156 valence electrons. The normalized spacial score (nSPS) is 15.0. The number of thioether (sulfide) groups is 1. The van der Waals surface area contributed by atoms with Gasteiger partial charge in [0, 0.05) is 0 Å². The molecule has 3 rings (SSSR count). The number of ether oxygens (including phenoxy) is 2. The highest BCUT2D eigenvalue weighted by Crippen LogP contribution is 2.38. The van der Waals surface area contributed by atoms with Crippen LogP contribution in [0.3, 0.4) is 0 Å². The van der Waals surface area contributed by atoms with Crippen LogP contribution in [0.15, 0.2) is 41.3 Å². The van der Waals surface area contributed by atoms with Gasteiger partial charge in [0.2, 0.25) is 0 Å². The molecule has 1 aliphatic rings. The summed E-state index contributed by atoms with van der Waals surface area (Å²) in [6.07, 6.45) is 1.66. The van der Waals surface area contributed by atoms with Gasteiger partial charge in [0.25, 0.3) is 11.8 Å². The summed E-state index contributed by atoms with van der Waals surface area (Å²) in [5, 5.41) is -0.0987. The maximum absolute atomic E-state index is 13.4. The van der Waals surface area contributed by atoms with E-state index in [0.717, 1.165) is 11.8 Å². The van der Waals surface area contributed by atoms with Crippen molar-refractivity contribution in [1.29, 1.82) is 0 Å². The van der Waals surface area contributed by atoms with Crippen LogP contribution in [0.2, 0.25) is 5.02 Å². The third-order valence-electron chi connectivity index (χ3n) is 3.89. The van der Waals surface area contributed by atoms with Gasteiger partial charge in [-0.25, -0.2) is 4.39 Å². The number of carbonyl (C=O) groups is 2. The van der Waals surface area contributed by atoms with Crippen LogP contribution in [0.4, 0.5) is 10.1 Å².